The maximum absolute atomic E-state index is 10.4. The summed E-state index contributed by atoms with van der Waals surface area (Å²) in [5.41, 5.74) is 1.91. The number of hydrogen-bond donors (Lipinski definition) is 4. The van der Waals surface area contributed by atoms with Crippen LogP contribution in [0.15, 0.2) is 60.7 Å². The van der Waals surface area contributed by atoms with Gasteiger partial charge in [-0.1, -0.05) is 106 Å². The van der Waals surface area contributed by atoms with Gasteiger partial charge in [-0.25, -0.2) is 0 Å². The quantitative estimate of drug-likeness (QED) is 0.208. The molecule has 2 atom stereocenters. The maximum Gasteiger partial charge on any atom is 0.0916 e. The van der Waals surface area contributed by atoms with Crippen molar-refractivity contribution in [3.8, 4) is 0 Å². The summed E-state index contributed by atoms with van der Waals surface area (Å²) in [6.07, 6.45) is 10.2. The molecule has 0 bridgehead atoms. The van der Waals surface area contributed by atoms with Gasteiger partial charge in [0.2, 0.25) is 0 Å². The molecule has 190 valence electrons. The lowest BCUT2D eigenvalue weighted by Gasteiger charge is -2.24. The van der Waals surface area contributed by atoms with Gasteiger partial charge >= 0.3 is 0 Å². The van der Waals surface area contributed by atoms with Gasteiger partial charge in [-0.15, -0.1) is 0 Å². The molecule has 0 amide bonds. The molecule has 2 aromatic rings. The Hall–Kier alpha value is -1.76. The average molecular weight is 471 g/mol. The number of hydrogen-bond acceptors (Lipinski definition) is 5. The van der Waals surface area contributed by atoms with Crippen molar-refractivity contribution in [3.05, 3.63) is 71.8 Å². The van der Waals surface area contributed by atoms with E-state index in [4.69, 9.17) is 0 Å². The van der Waals surface area contributed by atoms with Crippen molar-refractivity contribution in [1.82, 2.24) is 10.2 Å². The lowest BCUT2D eigenvalue weighted by Crippen LogP contribution is -2.32. The maximum atomic E-state index is 10.4. The number of aliphatic hydroxyl groups excluding tert-OH is 3. The van der Waals surface area contributed by atoms with Crippen molar-refractivity contribution in [2.45, 2.75) is 70.0 Å². The van der Waals surface area contributed by atoms with Crippen LogP contribution in [0.2, 0.25) is 0 Å². The normalized spacial score (nSPS) is 13.3. The zero-order valence-corrected chi connectivity index (χ0v) is 20.8. The van der Waals surface area contributed by atoms with E-state index in [1.807, 2.05) is 60.7 Å². The first-order valence-corrected chi connectivity index (χ1v) is 13.2. The van der Waals surface area contributed by atoms with Crippen LogP contribution < -0.4 is 5.32 Å². The summed E-state index contributed by atoms with van der Waals surface area (Å²) < 4.78 is 0. The number of aliphatic hydroxyl groups is 3. The molecule has 5 heteroatoms. The van der Waals surface area contributed by atoms with Crippen LogP contribution in [0, 0.1) is 0 Å². The van der Waals surface area contributed by atoms with E-state index in [1.54, 1.807) is 0 Å². The molecule has 5 nitrogen and oxygen atoms in total. The monoisotopic (exact) mass is 470 g/mol. The minimum atomic E-state index is -0.503. The van der Waals surface area contributed by atoms with Crippen LogP contribution in [0.25, 0.3) is 0 Å². The first kappa shape index (κ1) is 28.5. The SMILES string of the molecule is OCCN(CCCCCCCCCCCNCC(O)c1ccccc1)CC(O)c1ccccc1. The van der Waals surface area contributed by atoms with Crippen molar-refractivity contribution < 1.29 is 15.3 Å². The molecule has 2 rings (SSSR count). The average Bonchev–Trinajstić information content (AvgIpc) is 2.87. The van der Waals surface area contributed by atoms with Gasteiger partial charge in [0.05, 0.1) is 18.8 Å². The molecular formula is C29H46N2O3. The number of nitrogens with zero attached hydrogens (tertiary/aromatic N) is 1. The smallest absolute Gasteiger partial charge is 0.0916 e. The van der Waals surface area contributed by atoms with Gasteiger partial charge in [0.15, 0.2) is 0 Å². The molecule has 0 radical (unpaired) electrons. The Morgan fingerprint density at radius 1 is 0.618 bits per heavy atom. The van der Waals surface area contributed by atoms with Gasteiger partial charge < -0.3 is 20.6 Å². The van der Waals surface area contributed by atoms with E-state index in [9.17, 15) is 15.3 Å². The summed E-state index contributed by atoms with van der Waals surface area (Å²) in [6.45, 7) is 3.83. The summed E-state index contributed by atoms with van der Waals surface area (Å²) in [5.74, 6) is 0. The van der Waals surface area contributed by atoms with Crippen molar-refractivity contribution in [2.75, 3.05) is 39.3 Å². The van der Waals surface area contributed by atoms with E-state index < -0.39 is 12.2 Å². The summed E-state index contributed by atoms with van der Waals surface area (Å²) >= 11 is 0. The fraction of sp³-hybridized carbons (Fsp3) is 0.586. The zero-order chi connectivity index (χ0) is 24.3. The molecule has 2 unspecified atom stereocenters. The van der Waals surface area contributed by atoms with E-state index in [1.165, 1.54) is 44.9 Å². The highest BCUT2D eigenvalue weighted by molar-refractivity contribution is 5.18. The van der Waals surface area contributed by atoms with Crippen LogP contribution >= 0.6 is 0 Å². The molecule has 2 aromatic carbocycles. The van der Waals surface area contributed by atoms with Crippen LogP contribution in [-0.2, 0) is 0 Å². The largest absolute Gasteiger partial charge is 0.395 e. The second-order valence-corrected chi connectivity index (χ2v) is 9.26. The minimum Gasteiger partial charge on any atom is -0.395 e. The second kappa shape index (κ2) is 18.6. The Bertz CT molecular complexity index is 714. The number of unbranched alkanes of at least 4 members (excludes halogenated alkanes) is 8. The zero-order valence-electron chi connectivity index (χ0n) is 20.8. The third-order valence-electron chi connectivity index (χ3n) is 6.38. The summed E-state index contributed by atoms with van der Waals surface area (Å²) in [5, 5.41) is 33.3. The van der Waals surface area contributed by atoms with Crippen LogP contribution in [0.4, 0.5) is 0 Å². The van der Waals surface area contributed by atoms with Gasteiger partial charge in [-0.2, -0.15) is 0 Å². The molecule has 0 aromatic heterocycles. The molecule has 0 aliphatic carbocycles. The fourth-order valence-electron chi connectivity index (χ4n) is 4.32. The molecule has 0 heterocycles. The van der Waals surface area contributed by atoms with E-state index >= 15 is 0 Å². The highest BCUT2D eigenvalue weighted by Crippen LogP contribution is 2.15. The predicted octanol–water partition coefficient (Wildman–Crippen LogP) is 4.85. The topological polar surface area (TPSA) is 76.0 Å². The first-order chi connectivity index (χ1) is 16.7. The van der Waals surface area contributed by atoms with Gasteiger partial charge in [-0.3, -0.25) is 4.90 Å². The summed E-state index contributed by atoms with van der Waals surface area (Å²) in [6, 6.07) is 19.6. The van der Waals surface area contributed by atoms with Gasteiger partial charge in [-0.05, 0) is 37.1 Å². The lowest BCUT2D eigenvalue weighted by atomic mass is 10.1. The lowest BCUT2D eigenvalue weighted by molar-refractivity contribution is 0.0986. The molecule has 0 aliphatic heterocycles. The number of nitrogens with one attached hydrogen (secondary N) is 1. The number of benzene rings is 2. The molecule has 0 aliphatic rings. The Morgan fingerprint density at radius 3 is 1.68 bits per heavy atom. The van der Waals surface area contributed by atoms with Gasteiger partial charge in [0.1, 0.15) is 0 Å². The summed E-state index contributed by atoms with van der Waals surface area (Å²) in [7, 11) is 0. The molecule has 0 saturated heterocycles. The number of rotatable bonds is 20. The van der Waals surface area contributed by atoms with Crippen molar-refractivity contribution in [3.63, 3.8) is 0 Å². The van der Waals surface area contributed by atoms with Crippen molar-refractivity contribution >= 4 is 0 Å². The highest BCUT2D eigenvalue weighted by atomic mass is 16.3. The molecule has 0 fully saturated rings. The van der Waals surface area contributed by atoms with Crippen LogP contribution in [-0.4, -0.2) is 59.6 Å². The molecule has 0 saturated carbocycles. The van der Waals surface area contributed by atoms with Crippen LogP contribution in [0.1, 0.15) is 81.1 Å². The van der Waals surface area contributed by atoms with E-state index in [0.29, 0.717) is 19.6 Å². The van der Waals surface area contributed by atoms with Crippen LogP contribution in [0.5, 0.6) is 0 Å². The Balaban J connectivity index is 1.40. The highest BCUT2D eigenvalue weighted by Gasteiger charge is 2.12. The third-order valence-corrected chi connectivity index (χ3v) is 6.38. The third kappa shape index (κ3) is 12.6. The van der Waals surface area contributed by atoms with Crippen molar-refractivity contribution in [2.24, 2.45) is 0 Å². The Labute approximate surface area is 206 Å². The minimum absolute atomic E-state index is 0.130. The van der Waals surface area contributed by atoms with E-state index in [2.05, 4.69) is 10.2 Å². The second-order valence-electron chi connectivity index (χ2n) is 9.26. The Kier molecular flexibility index (Phi) is 15.5. The fourth-order valence-corrected chi connectivity index (χ4v) is 4.32. The summed E-state index contributed by atoms with van der Waals surface area (Å²) in [4.78, 5) is 2.17. The Morgan fingerprint density at radius 2 is 1.12 bits per heavy atom. The van der Waals surface area contributed by atoms with Gasteiger partial charge in [0.25, 0.3) is 0 Å². The van der Waals surface area contributed by atoms with E-state index in [0.717, 1.165) is 37.1 Å². The molecule has 4 N–H and O–H groups in total. The molecule has 34 heavy (non-hydrogen) atoms. The van der Waals surface area contributed by atoms with Crippen molar-refractivity contribution in [1.29, 1.82) is 0 Å². The molecular weight excluding hydrogens is 424 g/mol. The van der Waals surface area contributed by atoms with E-state index in [-0.39, 0.29) is 6.61 Å². The standard InChI is InChI=1S/C29H46N2O3/c32-23-22-31(25-29(34)27-18-12-9-13-19-27)21-15-7-5-3-1-2-4-6-14-20-30-24-28(33)26-16-10-8-11-17-26/h8-13,16-19,28-30,32-34H,1-7,14-15,20-25H2. The molecule has 0 spiro atoms. The van der Waals surface area contributed by atoms with Gasteiger partial charge in [0, 0.05) is 19.6 Å². The van der Waals surface area contributed by atoms with Crippen LogP contribution in [0.3, 0.4) is 0 Å². The first-order valence-electron chi connectivity index (χ1n) is 13.2. The predicted molar refractivity (Wildman–Crippen MR) is 141 cm³/mol.